The number of rotatable bonds is 5. The molecule has 1 fully saturated rings. The van der Waals surface area contributed by atoms with Gasteiger partial charge in [-0.3, -0.25) is 9.59 Å². The van der Waals surface area contributed by atoms with Crippen molar-refractivity contribution in [3.05, 3.63) is 35.4 Å². The fourth-order valence-corrected chi connectivity index (χ4v) is 3.84. The Bertz CT molecular complexity index is 809. The minimum absolute atomic E-state index is 0.0401. The fourth-order valence-electron chi connectivity index (χ4n) is 3.06. The van der Waals surface area contributed by atoms with Crippen LogP contribution in [0.5, 0.6) is 0 Å². The number of amides is 2. The van der Waals surface area contributed by atoms with Crippen LogP contribution < -0.4 is 0 Å². The molecular formula is C18H24N6O2S. The number of carbonyl (C=O) groups is 2. The molecule has 0 aliphatic carbocycles. The zero-order chi connectivity index (χ0) is 19.2. The Kier molecular flexibility index (Phi) is 6.44. The van der Waals surface area contributed by atoms with E-state index in [1.54, 1.807) is 11.7 Å². The molecule has 1 aliphatic rings. The standard InChI is InChI=1S/C18H24N6O2S/c1-14-5-3-6-15(13-14)17(26)24-9-4-8-23(10-11-24)16(25)7-12-27-18-19-20-21-22(18)2/h3,5-6,13H,4,7-12H2,1-2H3. The molecule has 27 heavy (non-hydrogen) atoms. The van der Waals surface area contributed by atoms with Crippen LogP contribution in [0.2, 0.25) is 0 Å². The molecule has 2 heterocycles. The van der Waals surface area contributed by atoms with E-state index in [1.807, 2.05) is 41.0 Å². The summed E-state index contributed by atoms with van der Waals surface area (Å²) in [7, 11) is 1.78. The predicted molar refractivity (Wildman–Crippen MR) is 102 cm³/mol. The molecule has 8 nitrogen and oxygen atoms in total. The third kappa shape index (κ3) is 5.06. The third-order valence-electron chi connectivity index (χ3n) is 4.53. The predicted octanol–water partition coefficient (Wildman–Crippen LogP) is 1.38. The lowest BCUT2D eigenvalue weighted by Crippen LogP contribution is -2.37. The first-order valence-electron chi connectivity index (χ1n) is 9.03. The number of hydrogen-bond donors (Lipinski definition) is 0. The Hall–Kier alpha value is -2.42. The van der Waals surface area contributed by atoms with Crippen LogP contribution in [0.15, 0.2) is 29.4 Å². The summed E-state index contributed by atoms with van der Waals surface area (Å²) < 4.78 is 1.59. The molecule has 2 aromatic rings. The van der Waals surface area contributed by atoms with Gasteiger partial charge >= 0.3 is 0 Å². The minimum Gasteiger partial charge on any atom is -0.341 e. The first kappa shape index (κ1) is 19.3. The van der Waals surface area contributed by atoms with Crippen molar-refractivity contribution in [2.24, 2.45) is 7.05 Å². The third-order valence-corrected chi connectivity index (χ3v) is 5.54. The molecule has 1 aromatic heterocycles. The van der Waals surface area contributed by atoms with Gasteiger partial charge < -0.3 is 9.80 Å². The molecule has 144 valence electrons. The summed E-state index contributed by atoms with van der Waals surface area (Å²) >= 11 is 1.47. The van der Waals surface area contributed by atoms with Crippen molar-refractivity contribution < 1.29 is 9.59 Å². The number of aryl methyl sites for hydroxylation is 2. The molecule has 0 bridgehead atoms. The first-order valence-corrected chi connectivity index (χ1v) is 10.0. The lowest BCUT2D eigenvalue weighted by atomic mass is 10.1. The molecule has 2 amide bonds. The summed E-state index contributed by atoms with van der Waals surface area (Å²) in [5, 5.41) is 12.0. The smallest absolute Gasteiger partial charge is 0.253 e. The highest BCUT2D eigenvalue weighted by Gasteiger charge is 2.22. The van der Waals surface area contributed by atoms with Crippen molar-refractivity contribution in [3.63, 3.8) is 0 Å². The summed E-state index contributed by atoms with van der Waals surface area (Å²) in [6.45, 7) is 4.49. The Morgan fingerprint density at radius 1 is 1.15 bits per heavy atom. The van der Waals surface area contributed by atoms with Gasteiger partial charge in [0.1, 0.15) is 0 Å². The minimum atomic E-state index is 0.0401. The second-order valence-corrected chi connectivity index (χ2v) is 7.64. The van der Waals surface area contributed by atoms with Gasteiger partial charge in [-0.1, -0.05) is 29.5 Å². The van der Waals surface area contributed by atoms with E-state index >= 15 is 0 Å². The van der Waals surface area contributed by atoms with Crippen LogP contribution >= 0.6 is 11.8 Å². The van der Waals surface area contributed by atoms with Crippen molar-refractivity contribution >= 4 is 23.6 Å². The maximum atomic E-state index is 12.7. The number of benzene rings is 1. The van der Waals surface area contributed by atoms with E-state index in [2.05, 4.69) is 15.5 Å². The van der Waals surface area contributed by atoms with Gasteiger partial charge in [0.05, 0.1) is 0 Å². The van der Waals surface area contributed by atoms with Gasteiger partial charge in [-0.25, -0.2) is 4.68 Å². The average molecular weight is 388 g/mol. The Balaban J connectivity index is 1.49. The highest BCUT2D eigenvalue weighted by molar-refractivity contribution is 7.99. The lowest BCUT2D eigenvalue weighted by molar-refractivity contribution is -0.130. The molecular weight excluding hydrogens is 364 g/mol. The summed E-state index contributed by atoms with van der Waals surface area (Å²) in [6, 6.07) is 7.64. The summed E-state index contributed by atoms with van der Waals surface area (Å²) in [6.07, 6.45) is 1.23. The Morgan fingerprint density at radius 2 is 1.93 bits per heavy atom. The Labute approximate surface area is 162 Å². The van der Waals surface area contributed by atoms with E-state index in [0.29, 0.717) is 49.1 Å². The molecule has 0 unspecified atom stereocenters. The lowest BCUT2D eigenvalue weighted by Gasteiger charge is -2.22. The first-order chi connectivity index (χ1) is 13.0. The summed E-state index contributed by atoms with van der Waals surface area (Å²) in [4.78, 5) is 28.9. The second kappa shape index (κ2) is 8.98. The van der Waals surface area contributed by atoms with E-state index < -0.39 is 0 Å². The molecule has 0 spiro atoms. The molecule has 0 radical (unpaired) electrons. The van der Waals surface area contributed by atoms with Gasteiger partial charge in [0.15, 0.2) is 0 Å². The number of nitrogens with zero attached hydrogens (tertiary/aromatic N) is 6. The molecule has 1 saturated heterocycles. The van der Waals surface area contributed by atoms with Crippen LogP contribution in [0, 0.1) is 6.92 Å². The van der Waals surface area contributed by atoms with Gasteiger partial charge in [-0.15, -0.1) is 5.10 Å². The average Bonchev–Trinajstić information content (AvgIpc) is 2.92. The number of thioether (sulfide) groups is 1. The molecule has 1 aromatic carbocycles. The van der Waals surface area contributed by atoms with Crippen LogP contribution in [0.25, 0.3) is 0 Å². The van der Waals surface area contributed by atoms with Crippen LogP contribution in [0.4, 0.5) is 0 Å². The van der Waals surface area contributed by atoms with Gasteiger partial charge in [-0.05, 0) is 35.9 Å². The summed E-state index contributed by atoms with van der Waals surface area (Å²) in [5.41, 5.74) is 1.78. The number of tetrazole rings is 1. The Morgan fingerprint density at radius 3 is 2.67 bits per heavy atom. The molecule has 1 aliphatic heterocycles. The van der Waals surface area contributed by atoms with E-state index in [-0.39, 0.29) is 11.8 Å². The molecule has 0 saturated carbocycles. The zero-order valence-electron chi connectivity index (χ0n) is 15.7. The number of hydrogen-bond acceptors (Lipinski definition) is 6. The quantitative estimate of drug-likeness (QED) is 0.720. The van der Waals surface area contributed by atoms with E-state index in [4.69, 9.17) is 0 Å². The number of carbonyl (C=O) groups excluding carboxylic acids is 2. The van der Waals surface area contributed by atoms with Crippen LogP contribution in [-0.2, 0) is 11.8 Å². The van der Waals surface area contributed by atoms with Crippen molar-refractivity contribution in [2.75, 3.05) is 31.9 Å². The summed E-state index contributed by atoms with van der Waals surface area (Å²) in [5.74, 6) is 0.788. The van der Waals surface area contributed by atoms with Gasteiger partial charge in [0.2, 0.25) is 11.1 Å². The molecule has 9 heteroatoms. The van der Waals surface area contributed by atoms with Gasteiger partial charge in [0, 0.05) is 51.0 Å². The molecule has 0 N–H and O–H groups in total. The van der Waals surface area contributed by atoms with Crippen LogP contribution in [-0.4, -0.2) is 73.8 Å². The normalized spacial score (nSPS) is 14.9. The molecule has 0 atom stereocenters. The van der Waals surface area contributed by atoms with Crippen molar-refractivity contribution in [1.29, 1.82) is 0 Å². The number of aromatic nitrogens is 4. The second-order valence-electron chi connectivity index (χ2n) is 6.58. The zero-order valence-corrected chi connectivity index (χ0v) is 16.5. The van der Waals surface area contributed by atoms with E-state index in [9.17, 15) is 9.59 Å². The van der Waals surface area contributed by atoms with Crippen molar-refractivity contribution in [3.8, 4) is 0 Å². The highest BCUT2D eigenvalue weighted by atomic mass is 32.2. The van der Waals surface area contributed by atoms with Crippen molar-refractivity contribution in [1.82, 2.24) is 30.0 Å². The van der Waals surface area contributed by atoms with E-state index in [0.717, 1.165) is 12.0 Å². The van der Waals surface area contributed by atoms with E-state index in [1.165, 1.54) is 11.8 Å². The largest absolute Gasteiger partial charge is 0.341 e. The topological polar surface area (TPSA) is 84.2 Å². The maximum absolute atomic E-state index is 12.7. The van der Waals surface area contributed by atoms with Crippen LogP contribution in [0.1, 0.15) is 28.8 Å². The van der Waals surface area contributed by atoms with Crippen LogP contribution in [0.3, 0.4) is 0 Å². The molecule has 3 rings (SSSR count). The van der Waals surface area contributed by atoms with Gasteiger partial charge in [-0.2, -0.15) is 0 Å². The fraction of sp³-hybridized carbons (Fsp3) is 0.500. The SMILES string of the molecule is Cc1cccc(C(=O)N2CCCN(C(=O)CCSc3nnnn3C)CC2)c1. The highest BCUT2D eigenvalue weighted by Crippen LogP contribution is 2.15. The maximum Gasteiger partial charge on any atom is 0.253 e. The monoisotopic (exact) mass is 388 g/mol. The van der Waals surface area contributed by atoms with Crippen molar-refractivity contribution in [2.45, 2.75) is 24.9 Å². The van der Waals surface area contributed by atoms with Gasteiger partial charge in [0.25, 0.3) is 5.91 Å².